The quantitative estimate of drug-likeness (QED) is 0.0528. The Morgan fingerprint density at radius 1 is 1.00 bits per heavy atom. The zero-order chi connectivity index (χ0) is 35.8. The number of nitrogens with two attached hydrogens (primary N) is 1. The number of hydrogen-bond donors (Lipinski definition) is 5. The van der Waals surface area contributed by atoms with E-state index >= 15 is 0 Å². The van der Waals surface area contributed by atoms with Gasteiger partial charge in [-0.3, -0.25) is 24.9 Å². The molecule has 5 rings (SSSR count). The molecule has 1 heterocycles. The van der Waals surface area contributed by atoms with Crippen LogP contribution in [0.2, 0.25) is 0 Å². The first-order valence-corrected chi connectivity index (χ1v) is 18.2. The third-order valence-electron chi connectivity index (χ3n) is 7.98. The monoisotopic (exact) mass is 710 g/mol. The number of likely N-dealkylation sites (tertiary alicyclic amines) is 1. The molecule has 1 fully saturated rings. The SMILES string of the molecule is Cc1ccc(S(=O)(=O)O)cc1.N=C(N)N1CCC[C@@H](CNC(=O)[C@@H](Cc2ccc([N+](=O)[O-])cc2)NS(=O)(=O)c2ccc3ccccc3c2)C1. The lowest BCUT2D eigenvalue weighted by atomic mass is 9.98. The molecule has 0 saturated carbocycles. The van der Waals surface area contributed by atoms with Crippen molar-refractivity contribution < 1.29 is 31.1 Å². The Morgan fingerprint density at radius 2 is 1.63 bits per heavy atom. The van der Waals surface area contributed by atoms with Gasteiger partial charge in [-0.2, -0.15) is 13.1 Å². The molecule has 0 aromatic heterocycles. The number of amides is 1. The molecule has 4 aromatic rings. The Balaban J connectivity index is 0.000000418. The van der Waals surface area contributed by atoms with Gasteiger partial charge in [-0.1, -0.05) is 60.2 Å². The standard InChI is InChI=1S/C26H30N6O5S.C7H8O3S/c27-26(28)31-13-3-4-19(17-31)16-29-25(33)24(14-18-7-10-22(11-8-18)32(34)35)30-38(36,37)23-12-9-20-5-1-2-6-21(20)15-23;1-6-2-4-7(5-3-6)11(8,9)10/h1-2,5-12,15,19,24,30H,3-4,13-14,16-17H2,(H3,27,28)(H,29,33);2-5H,1H3,(H,8,9,10)/t19-,24+;/m0./s1. The van der Waals surface area contributed by atoms with Gasteiger partial charge in [0.15, 0.2) is 5.96 Å². The highest BCUT2D eigenvalue weighted by molar-refractivity contribution is 7.89. The molecular weight excluding hydrogens is 673 g/mol. The second kappa shape index (κ2) is 16.0. The fourth-order valence-electron chi connectivity index (χ4n) is 5.30. The van der Waals surface area contributed by atoms with Crippen molar-refractivity contribution in [3.8, 4) is 0 Å². The topological polar surface area (TPSA) is 226 Å². The Kier molecular flexibility index (Phi) is 12.1. The molecule has 6 N–H and O–H groups in total. The van der Waals surface area contributed by atoms with E-state index in [1.54, 1.807) is 29.2 Å². The van der Waals surface area contributed by atoms with E-state index in [-0.39, 0.29) is 33.8 Å². The van der Waals surface area contributed by atoms with Crippen LogP contribution in [0.3, 0.4) is 0 Å². The lowest BCUT2D eigenvalue weighted by Gasteiger charge is -2.33. The van der Waals surface area contributed by atoms with Crippen LogP contribution in [0.15, 0.2) is 101 Å². The number of sulfonamides is 1. The molecule has 0 radical (unpaired) electrons. The van der Waals surface area contributed by atoms with Crippen LogP contribution in [0.4, 0.5) is 5.69 Å². The molecule has 1 aliphatic rings. The van der Waals surface area contributed by atoms with Crippen LogP contribution in [-0.4, -0.2) is 68.8 Å². The van der Waals surface area contributed by atoms with E-state index in [1.807, 2.05) is 31.2 Å². The maximum atomic E-state index is 13.3. The van der Waals surface area contributed by atoms with Crippen molar-refractivity contribution in [2.45, 2.75) is 42.0 Å². The summed E-state index contributed by atoms with van der Waals surface area (Å²) in [6.07, 6.45) is 1.68. The summed E-state index contributed by atoms with van der Waals surface area (Å²) in [6, 6.07) is 22.6. The summed E-state index contributed by atoms with van der Waals surface area (Å²) in [4.78, 5) is 25.5. The van der Waals surface area contributed by atoms with Crippen molar-refractivity contribution in [3.05, 3.63) is 112 Å². The Bertz CT molecular complexity index is 2020. The molecule has 2 atom stereocenters. The zero-order valence-electron chi connectivity index (χ0n) is 26.7. The second-order valence-electron chi connectivity index (χ2n) is 11.7. The average Bonchev–Trinajstić information content (AvgIpc) is 3.07. The smallest absolute Gasteiger partial charge is 0.294 e. The minimum atomic E-state index is -4.07. The molecule has 1 saturated heterocycles. The fraction of sp³-hybridized carbons (Fsp3) is 0.273. The molecule has 0 unspecified atom stereocenters. The van der Waals surface area contributed by atoms with Crippen LogP contribution < -0.4 is 15.8 Å². The Morgan fingerprint density at radius 3 is 2.24 bits per heavy atom. The molecule has 14 nitrogen and oxygen atoms in total. The van der Waals surface area contributed by atoms with Crippen molar-refractivity contribution in [2.75, 3.05) is 19.6 Å². The third-order valence-corrected chi connectivity index (χ3v) is 10.3. The van der Waals surface area contributed by atoms with E-state index in [2.05, 4.69) is 10.0 Å². The summed E-state index contributed by atoms with van der Waals surface area (Å²) in [5, 5.41) is 23.2. The minimum Gasteiger partial charge on any atom is -0.370 e. The molecule has 1 amide bonds. The van der Waals surface area contributed by atoms with Gasteiger partial charge in [0.05, 0.1) is 14.7 Å². The van der Waals surface area contributed by atoms with E-state index in [4.69, 9.17) is 15.7 Å². The van der Waals surface area contributed by atoms with Gasteiger partial charge in [-0.25, -0.2) is 8.42 Å². The average molecular weight is 711 g/mol. The van der Waals surface area contributed by atoms with Crippen LogP contribution in [0, 0.1) is 28.4 Å². The lowest BCUT2D eigenvalue weighted by molar-refractivity contribution is -0.384. The van der Waals surface area contributed by atoms with Gasteiger partial charge in [0, 0.05) is 31.8 Å². The van der Waals surface area contributed by atoms with E-state index in [0.29, 0.717) is 25.2 Å². The van der Waals surface area contributed by atoms with Crippen molar-refractivity contribution in [2.24, 2.45) is 11.7 Å². The van der Waals surface area contributed by atoms with Gasteiger partial charge in [0.2, 0.25) is 15.9 Å². The lowest BCUT2D eigenvalue weighted by Crippen LogP contribution is -2.51. The summed E-state index contributed by atoms with van der Waals surface area (Å²) in [5.41, 5.74) is 7.04. The van der Waals surface area contributed by atoms with Gasteiger partial charge < -0.3 is 16.0 Å². The highest BCUT2D eigenvalue weighted by Gasteiger charge is 2.28. The predicted octanol–water partition coefficient (Wildman–Crippen LogP) is 3.60. The normalized spacial score (nSPS) is 15.5. The van der Waals surface area contributed by atoms with E-state index in [0.717, 1.165) is 29.2 Å². The van der Waals surface area contributed by atoms with Gasteiger partial charge in [0.1, 0.15) is 6.04 Å². The minimum absolute atomic E-state index is 0.000870. The second-order valence-corrected chi connectivity index (χ2v) is 14.8. The zero-order valence-corrected chi connectivity index (χ0v) is 28.3. The number of rotatable bonds is 10. The number of nitro groups is 1. The first-order valence-electron chi connectivity index (χ1n) is 15.3. The molecule has 1 aliphatic heterocycles. The largest absolute Gasteiger partial charge is 0.370 e. The molecule has 0 spiro atoms. The van der Waals surface area contributed by atoms with Gasteiger partial charge in [-0.05, 0) is 72.7 Å². The number of aryl methyl sites for hydroxylation is 1. The summed E-state index contributed by atoms with van der Waals surface area (Å²) >= 11 is 0. The molecule has 4 aromatic carbocycles. The third kappa shape index (κ3) is 10.5. The van der Waals surface area contributed by atoms with Crippen LogP contribution in [0.25, 0.3) is 10.8 Å². The fourth-order valence-corrected chi connectivity index (χ4v) is 7.01. The van der Waals surface area contributed by atoms with Crippen molar-refractivity contribution in [3.63, 3.8) is 0 Å². The maximum absolute atomic E-state index is 13.3. The number of non-ortho nitro benzene ring substituents is 1. The number of nitro benzene ring substituents is 1. The van der Waals surface area contributed by atoms with Crippen LogP contribution >= 0.6 is 0 Å². The first kappa shape index (κ1) is 36.9. The Labute approximate surface area is 284 Å². The van der Waals surface area contributed by atoms with Crippen LogP contribution in [0.1, 0.15) is 24.0 Å². The predicted molar refractivity (Wildman–Crippen MR) is 185 cm³/mol. The first-order chi connectivity index (χ1) is 23.1. The number of carbonyl (C=O) groups is 1. The number of hydrogen-bond acceptors (Lipinski definition) is 8. The van der Waals surface area contributed by atoms with E-state index in [1.165, 1.54) is 42.5 Å². The van der Waals surface area contributed by atoms with E-state index in [9.17, 15) is 31.7 Å². The van der Waals surface area contributed by atoms with Gasteiger partial charge >= 0.3 is 0 Å². The number of carbonyl (C=O) groups excluding carboxylic acids is 1. The van der Waals surface area contributed by atoms with Gasteiger partial charge in [0.25, 0.3) is 15.8 Å². The molecule has 260 valence electrons. The van der Waals surface area contributed by atoms with Crippen molar-refractivity contribution in [1.29, 1.82) is 5.41 Å². The number of guanidine groups is 1. The summed E-state index contributed by atoms with van der Waals surface area (Å²) in [5.74, 6) is -0.457. The molecule has 0 aliphatic carbocycles. The highest BCUT2D eigenvalue weighted by Crippen LogP contribution is 2.21. The highest BCUT2D eigenvalue weighted by atomic mass is 32.2. The number of nitrogens with zero attached hydrogens (tertiary/aromatic N) is 2. The van der Waals surface area contributed by atoms with Crippen LogP contribution in [-0.2, 0) is 31.4 Å². The summed E-state index contributed by atoms with van der Waals surface area (Å²) in [6.45, 7) is 3.37. The Hall–Kier alpha value is -4.90. The van der Waals surface area contributed by atoms with Crippen LogP contribution in [0.5, 0.6) is 0 Å². The number of piperidine rings is 1. The number of benzene rings is 4. The van der Waals surface area contributed by atoms with Crippen molar-refractivity contribution in [1.82, 2.24) is 14.9 Å². The number of fused-ring (bicyclic) bond motifs is 1. The molecule has 0 bridgehead atoms. The van der Waals surface area contributed by atoms with Crippen molar-refractivity contribution >= 4 is 48.5 Å². The number of nitrogens with one attached hydrogen (secondary N) is 3. The van der Waals surface area contributed by atoms with E-state index < -0.39 is 37.0 Å². The molecule has 49 heavy (non-hydrogen) atoms. The summed E-state index contributed by atoms with van der Waals surface area (Å²) in [7, 11) is -8.09. The summed E-state index contributed by atoms with van der Waals surface area (Å²) < 4.78 is 58.7. The maximum Gasteiger partial charge on any atom is 0.294 e. The molecule has 16 heteroatoms. The van der Waals surface area contributed by atoms with Gasteiger partial charge in [-0.15, -0.1) is 0 Å². The molecular formula is C33H38N6O8S2.